The van der Waals surface area contributed by atoms with Crippen molar-refractivity contribution in [1.82, 2.24) is 15.5 Å². The number of amides is 2. The van der Waals surface area contributed by atoms with Crippen molar-refractivity contribution in [2.24, 2.45) is 0 Å². The molecule has 0 unspecified atom stereocenters. The van der Waals surface area contributed by atoms with E-state index in [1.807, 2.05) is 14.1 Å². The Morgan fingerprint density at radius 2 is 1.71 bits per heavy atom. The van der Waals surface area contributed by atoms with Gasteiger partial charge in [-0.25, -0.2) is 9.59 Å². The molecule has 6 nitrogen and oxygen atoms in total. The van der Waals surface area contributed by atoms with Gasteiger partial charge in [0.15, 0.2) is 0 Å². The fourth-order valence-electron chi connectivity index (χ4n) is 2.74. The molecule has 1 saturated carbocycles. The molecule has 0 spiro atoms. The van der Waals surface area contributed by atoms with Crippen LogP contribution in [0.25, 0.3) is 0 Å². The van der Waals surface area contributed by atoms with Gasteiger partial charge in [-0.15, -0.1) is 0 Å². The Morgan fingerprint density at radius 1 is 1.10 bits per heavy atom. The summed E-state index contributed by atoms with van der Waals surface area (Å²) in [6, 6.07) is -0.357. The second-order valence-corrected chi connectivity index (χ2v) is 6.19. The lowest BCUT2D eigenvalue weighted by Crippen LogP contribution is -2.57. The maximum absolute atomic E-state index is 11.9. The van der Waals surface area contributed by atoms with E-state index in [4.69, 9.17) is 0 Å². The topological polar surface area (TPSA) is 81.7 Å². The van der Waals surface area contributed by atoms with E-state index in [0.717, 1.165) is 45.1 Å². The predicted octanol–water partition coefficient (Wildman–Crippen LogP) is 1.80. The summed E-state index contributed by atoms with van der Waals surface area (Å²) in [7, 11) is 4.03. The van der Waals surface area contributed by atoms with Crippen molar-refractivity contribution in [3.05, 3.63) is 0 Å². The number of unbranched alkanes of at least 4 members (excludes halogenated alkanes) is 1. The van der Waals surface area contributed by atoms with Gasteiger partial charge in [-0.2, -0.15) is 0 Å². The third-order valence-corrected chi connectivity index (χ3v) is 4.04. The average Bonchev–Trinajstić information content (AvgIpc) is 2.64. The number of nitrogens with one attached hydrogen (secondary N) is 2. The molecule has 0 bridgehead atoms. The van der Waals surface area contributed by atoms with Crippen molar-refractivity contribution in [2.45, 2.75) is 56.9 Å². The van der Waals surface area contributed by atoms with Gasteiger partial charge in [0.2, 0.25) is 0 Å². The van der Waals surface area contributed by atoms with Crippen LogP contribution in [-0.2, 0) is 4.79 Å². The average molecular weight is 299 g/mol. The van der Waals surface area contributed by atoms with Crippen LogP contribution in [0.3, 0.4) is 0 Å². The molecule has 0 aromatic heterocycles. The van der Waals surface area contributed by atoms with Gasteiger partial charge in [-0.1, -0.05) is 25.7 Å². The van der Waals surface area contributed by atoms with Crippen molar-refractivity contribution in [3.8, 4) is 0 Å². The molecule has 6 heteroatoms. The lowest BCUT2D eigenvalue weighted by Gasteiger charge is -2.29. The quantitative estimate of drug-likeness (QED) is 0.494. The first kappa shape index (κ1) is 17.8. The minimum atomic E-state index is -1.08. The molecule has 1 fully saturated rings. The van der Waals surface area contributed by atoms with E-state index in [2.05, 4.69) is 15.5 Å². The van der Waals surface area contributed by atoms with Gasteiger partial charge >= 0.3 is 12.0 Å². The summed E-state index contributed by atoms with van der Waals surface area (Å²) < 4.78 is 0. The lowest BCUT2D eigenvalue weighted by atomic mass is 9.90. The molecule has 0 aliphatic heterocycles. The fourth-order valence-corrected chi connectivity index (χ4v) is 2.74. The number of rotatable bonds is 7. The molecule has 1 aliphatic carbocycles. The summed E-state index contributed by atoms with van der Waals surface area (Å²) in [6.07, 6.45) is 6.76. The highest BCUT2D eigenvalue weighted by atomic mass is 16.4. The summed E-state index contributed by atoms with van der Waals surface area (Å²) >= 11 is 0. The second kappa shape index (κ2) is 8.87. The molecule has 0 atom stereocenters. The fraction of sp³-hybridized carbons (Fsp3) is 0.867. The molecule has 122 valence electrons. The van der Waals surface area contributed by atoms with Gasteiger partial charge in [0.1, 0.15) is 5.54 Å². The van der Waals surface area contributed by atoms with Gasteiger partial charge in [-0.05, 0) is 46.3 Å². The Morgan fingerprint density at radius 3 is 2.24 bits per heavy atom. The normalized spacial score (nSPS) is 18.0. The summed E-state index contributed by atoms with van der Waals surface area (Å²) in [4.78, 5) is 25.6. The summed E-state index contributed by atoms with van der Waals surface area (Å²) in [5.41, 5.74) is -1.08. The minimum absolute atomic E-state index is 0.357. The van der Waals surface area contributed by atoms with E-state index >= 15 is 0 Å². The van der Waals surface area contributed by atoms with Gasteiger partial charge in [0, 0.05) is 6.54 Å². The Kier molecular flexibility index (Phi) is 7.50. The number of nitrogens with zero attached hydrogens (tertiary/aromatic N) is 1. The predicted molar refractivity (Wildman–Crippen MR) is 82.4 cm³/mol. The zero-order valence-corrected chi connectivity index (χ0v) is 13.3. The SMILES string of the molecule is CN(C)CCCCNC(=O)NC1(C(=O)O)CCCCCC1. The zero-order valence-electron chi connectivity index (χ0n) is 13.3. The minimum Gasteiger partial charge on any atom is -0.480 e. The van der Waals surface area contributed by atoms with Crippen molar-refractivity contribution in [3.63, 3.8) is 0 Å². The molecule has 0 radical (unpaired) electrons. The number of hydrogen-bond acceptors (Lipinski definition) is 3. The molecular formula is C15H29N3O3. The molecule has 2 amide bonds. The number of aliphatic carboxylic acids is 1. The largest absolute Gasteiger partial charge is 0.480 e. The van der Waals surface area contributed by atoms with E-state index in [0.29, 0.717) is 19.4 Å². The second-order valence-electron chi connectivity index (χ2n) is 6.19. The van der Waals surface area contributed by atoms with Crippen LogP contribution in [-0.4, -0.2) is 54.7 Å². The molecule has 3 N–H and O–H groups in total. The third-order valence-electron chi connectivity index (χ3n) is 4.04. The third kappa shape index (κ3) is 6.33. The van der Waals surface area contributed by atoms with Crippen molar-refractivity contribution in [2.75, 3.05) is 27.2 Å². The number of urea groups is 1. The van der Waals surface area contributed by atoms with Crippen LogP contribution in [0.1, 0.15) is 51.4 Å². The molecule has 1 aliphatic rings. The van der Waals surface area contributed by atoms with Gasteiger partial charge in [-0.3, -0.25) is 0 Å². The van der Waals surface area contributed by atoms with E-state index < -0.39 is 11.5 Å². The summed E-state index contributed by atoms with van der Waals surface area (Å²) in [5, 5.41) is 15.0. The molecule has 0 saturated heterocycles. The molecule has 0 aromatic rings. The molecule has 0 aromatic carbocycles. The first-order valence-electron chi connectivity index (χ1n) is 7.90. The first-order chi connectivity index (χ1) is 9.96. The highest BCUT2D eigenvalue weighted by Crippen LogP contribution is 2.27. The van der Waals surface area contributed by atoms with Gasteiger partial charge < -0.3 is 20.6 Å². The van der Waals surface area contributed by atoms with E-state index in [1.54, 1.807) is 0 Å². The lowest BCUT2D eigenvalue weighted by molar-refractivity contribution is -0.145. The van der Waals surface area contributed by atoms with Crippen molar-refractivity contribution in [1.29, 1.82) is 0 Å². The first-order valence-corrected chi connectivity index (χ1v) is 7.90. The Labute approximate surface area is 127 Å². The maximum atomic E-state index is 11.9. The summed E-state index contributed by atoms with van der Waals surface area (Å²) in [6.45, 7) is 1.57. The van der Waals surface area contributed by atoms with E-state index in [9.17, 15) is 14.7 Å². The number of carboxylic acids is 1. The van der Waals surface area contributed by atoms with E-state index in [-0.39, 0.29) is 6.03 Å². The Balaban J connectivity index is 2.37. The van der Waals surface area contributed by atoms with Crippen LogP contribution in [0.5, 0.6) is 0 Å². The van der Waals surface area contributed by atoms with Crippen LogP contribution in [0.2, 0.25) is 0 Å². The van der Waals surface area contributed by atoms with Crippen molar-refractivity contribution >= 4 is 12.0 Å². The number of carbonyl (C=O) groups excluding carboxylic acids is 1. The molecule has 0 heterocycles. The zero-order chi connectivity index (χ0) is 15.7. The van der Waals surface area contributed by atoms with Gasteiger partial charge in [0.25, 0.3) is 0 Å². The monoisotopic (exact) mass is 299 g/mol. The molecule has 21 heavy (non-hydrogen) atoms. The Bertz CT molecular complexity index is 337. The van der Waals surface area contributed by atoms with Crippen LogP contribution < -0.4 is 10.6 Å². The van der Waals surface area contributed by atoms with Crippen molar-refractivity contribution < 1.29 is 14.7 Å². The van der Waals surface area contributed by atoms with Crippen LogP contribution in [0, 0.1) is 0 Å². The molecular weight excluding hydrogens is 270 g/mol. The van der Waals surface area contributed by atoms with Crippen LogP contribution >= 0.6 is 0 Å². The Hall–Kier alpha value is -1.30. The van der Waals surface area contributed by atoms with Gasteiger partial charge in [0.05, 0.1) is 0 Å². The number of carbonyl (C=O) groups is 2. The number of carboxylic acid groups (broad SMARTS) is 1. The molecule has 1 rings (SSSR count). The van der Waals surface area contributed by atoms with Crippen LogP contribution in [0.4, 0.5) is 4.79 Å². The van der Waals surface area contributed by atoms with Crippen LogP contribution in [0.15, 0.2) is 0 Å². The summed E-state index contributed by atoms with van der Waals surface area (Å²) in [5.74, 6) is -0.910. The van der Waals surface area contributed by atoms with E-state index in [1.165, 1.54) is 0 Å². The standard InChI is InChI=1S/C15H29N3O3/c1-18(2)12-8-7-11-16-14(21)17-15(13(19)20)9-5-3-4-6-10-15/h3-12H2,1-2H3,(H,19,20)(H2,16,17,21). The number of hydrogen-bond donors (Lipinski definition) is 3. The smallest absolute Gasteiger partial charge is 0.329 e. The highest BCUT2D eigenvalue weighted by Gasteiger charge is 2.39. The highest BCUT2D eigenvalue weighted by molar-refractivity contribution is 5.86. The maximum Gasteiger partial charge on any atom is 0.329 e.